The van der Waals surface area contributed by atoms with Crippen molar-refractivity contribution < 1.29 is 4.92 Å². The van der Waals surface area contributed by atoms with Crippen LogP contribution in [0.25, 0.3) is 0 Å². The lowest BCUT2D eigenvalue weighted by atomic mass is 10.2. The molecule has 0 aliphatic carbocycles. The molecule has 0 saturated carbocycles. The predicted octanol–water partition coefficient (Wildman–Crippen LogP) is 2.27. The van der Waals surface area contributed by atoms with Gasteiger partial charge in [-0.1, -0.05) is 6.92 Å². The average Bonchev–Trinajstić information content (AvgIpc) is 2.65. The predicted molar refractivity (Wildman–Crippen MR) is 59.9 cm³/mol. The first kappa shape index (κ1) is 11.5. The molecule has 0 saturated heterocycles. The molecule has 1 rings (SSSR count). The highest BCUT2D eigenvalue weighted by molar-refractivity contribution is 7.18. The Hall–Kier alpha value is -1.61. The van der Waals surface area contributed by atoms with Gasteiger partial charge in [0.05, 0.1) is 4.92 Å². The molecule has 1 atom stereocenters. The van der Waals surface area contributed by atoms with Gasteiger partial charge in [0, 0.05) is 12.5 Å². The molecule has 1 heterocycles. The van der Waals surface area contributed by atoms with Crippen LogP contribution in [0.4, 0.5) is 10.1 Å². The molecule has 5 nitrogen and oxygen atoms in total. The maximum atomic E-state index is 10.4. The summed E-state index contributed by atoms with van der Waals surface area (Å²) in [6, 6.07) is 0.126. The maximum absolute atomic E-state index is 10.4. The smallest absolute Gasteiger partial charge is 0.345 e. The van der Waals surface area contributed by atoms with Gasteiger partial charge in [-0.25, -0.2) is 4.98 Å². The summed E-state index contributed by atoms with van der Waals surface area (Å²) in [7, 11) is 0. The number of nitrogens with zero attached hydrogens (tertiary/aromatic N) is 2. The minimum atomic E-state index is -0.453. The van der Waals surface area contributed by atoms with Crippen LogP contribution in [0.1, 0.15) is 19.8 Å². The molecule has 0 aliphatic rings. The quantitative estimate of drug-likeness (QED) is 0.474. The van der Waals surface area contributed by atoms with Crippen LogP contribution >= 0.6 is 11.3 Å². The van der Waals surface area contributed by atoms with E-state index in [-0.39, 0.29) is 11.0 Å². The highest BCUT2D eigenvalue weighted by Crippen LogP contribution is 2.25. The van der Waals surface area contributed by atoms with Gasteiger partial charge in [-0.2, -0.15) is 0 Å². The number of thiazole rings is 1. The van der Waals surface area contributed by atoms with E-state index in [1.165, 1.54) is 6.20 Å². The van der Waals surface area contributed by atoms with Gasteiger partial charge in [-0.05, 0) is 17.8 Å². The van der Waals surface area contributed by atoms with Crippen LogP contribution in [0.2, 0.25) is 0 Å². The van der Waals surface area contributed by atoms with Gasteiger partial charge in [-0.3, -0.25) is 10.1 Å². The van der Waals surface area contributed by atoms with Crippen LogP contribution in [0.3, 0.4) is 0 Å². The number of hydrogen-bond donors (Lipinski definition) is 1. The number of aromatic nitrogens is 1. The Labute approximate surface area is 91.7 Å². The van der Waals surface area contributed by atoms with Crippen molar-refractivity contribution in [3.8, 4) is 12.3 Å². The largest absolute Gasteiger partial charge is 0.358 e. The second-order valence-corrected chi connectivity index (χ2v) is 3.93. The zero-order chi connectivity index (χ0) is 11.3. The third kappa shape index (κ3) is 3.22. The van der Waals surface area contributed by atoms with Crippen LogP contribution in [-0.2, 0) is 0 Å². The topological polar surface area (TPSA) is 68.1 Å². The Kier molecular flexibility index (Phi) is 4.06. The molecule has 0 amide bonds. The monoisotopic (exact) mass is 225 g/mol. The summed E-state index contributed by atoms with van der Waals surface area (Å²) in [5.74, 6) is 2.55. The minimum absolute atomic E-state index is 0.0352. The highest BCUT2D eigenvalue weighted by atomic mass is 32.1. The van der Waals surface area contributed by atoms with Crippen LogP contribution < -0.4 is 5.32 Å². The molecule has 80 valence electrons. The molecule has 1 unspecified atom stereocenters. The number of rotatable bonds is 5. The summed E-state index contributed by atoms with van der Waals surface area (Å²) in [6.45, 7) is 2.00. The van der Waals surface area contributed by atoms with Crippen molar-refractivity contribution in [2.45, 2.75) is 25.8 Å². The lowest BCUT2D eigenvalue weighted by Gasteiger charge is -2.11. The van der Waals surface area contributed by atoms with E-state index in [0.717, 1.165) is 17.8 Å². The first-order chi connectivity index (χ1) is 7.17. The Morgan fingerprint density at radius 3 is 3.07 bits per heavy atom. The van der Waals surface area contributed by atoms with Gasteiger partial charge >= 0.3 is 5.00 Å². The first-order valence-electron chi connectivity index (χ1n) is 4.47. The second-order valence-electron chi connectivity index (χ2n) is 2.92. The third-order valence-electron chi connectivity index (χ3n) is 1.86. The number of terminal acetylenes is 1. The lowest BCUT2D eigenvalue weighted by molar-refractivity contribution is -0.380. The molecular formula is C9H11N3O2S. The van der Waals surface area contributed by atoms with E-state index < -0.39 is 4.92 Å². The standard InChI is InChI=1S/C9H11N3O2S/c1-3-5-7(4-2)11-9-10-6-8(15-9)12(13)14/h1,6-7H,4-5H2,2H3,(H,10,11). The van der Waals surface area contributed by atoms with E-state index in [1.807, 2.05) is 6.92 Å². The second kappa shape index (κ2) is 5.32. The van der Waals surface area contributed by atoms with E-state index in [0.29, 0.717) is 11.6 Å². The first-order valence-corrected chi connectivity index (χ1v) is 5.29. The van der Waals surface area contributed by atoms with Crippen molar-refractivity contribution in [2.24, 2.45) is 0 Å². The molecule has 0 aromatic carbocycles. The molecule has 0 fully saturated rings. The molecule has 15 heavy (non-hydrogen) atoms. The maximum Gasteiger partial charge on any atom is 0.345 e. The van der Waals surface area contributed by atoms with E-state index in [1.54, 1.807) is 0 Å². The lowest BCUT2D eigenvalue weighted by Crippen LogP contribution is -2.17. The summed E-state index contributed by atoms with van der Waals surface area (Å²) in [5.41, 5.74) is 0. The fourth-order valence-corrected chi connectivity index (χ4v) is 1.74. The van der Waals surface area contributed by atoms with Crippen molar-refractivity contribution in [3.05, 3.63) is 16.3 Å². The number of nitrogens with one attached hydrogen (secondary N) is 1. The van der Waals surface area contributed by atoms with Gasteiger partial charge in [0.15, 0.2) is 5.13 Å². The third-order valence-corrected chi connectivity index (χ3v) is 2.74. The van der Waals surface area contributed by atoms with E-state index in [9.17, 15) is 10.1 Å². The van der Waals surface area contributed by atoms with Gasteiger partial charge in [0.2, 0.25) is 0 Å². The molecule has 0 aliphatic heterocycles. The summed E-state index contributed by atoms with van der Waals surface area (Å²) in [5, 5.41) is 14.1. The van der Waals surface area contributed by atoms with Crippen molar-refractivity contribution in [1.29, 1.82) is 0 Å². The fourth-order valence-electron chi connectivity index (χ4n) is 1.03. The number of hydrogen-bond acceptors (Lipinski definition) is 5. The number of nitro groups is 1. The Balaban J connectivity index is 2.64. The van der Waals surface area contributed by atoms with Crippen molar-refractivity contribution in [2.75, 3.05) is 5.32 Å². The summed E-state index contributed by atoms with van der Waals surface area (Å²) in [6.07, 6.45) is 7.89. The van der Waals surface area contributed by atoms with Crippen molar-refractivity contribution in [3.63, 3.8) is 0 Å². The zero-order valence-corrected chi connectivity index (χ0v) is 9.08. The van der Waals surface area contributed by atoms with Gasteiger partial charge in [-0.15, -0.1) is 12.3 Å². The summed E-state index contributed by atoms with van der Waals surface area (Å²) < 4.78 is 0. The highest BCUT2D eigenvalue weighted by Gasteiger charge is 2.13. The molecule has 1 aromatic heterocycles. The van der Waals surface area contributed by atoms with Crippen LogP contribution in [-0.4, -0.2) is 15.9 Å². The normalized spacial score (nSPS) is 11.7. The Bertz CT molecular complexity index is 383. The minimum Gasteiger partial charge on any atom is -0.358 e. The molecule has 0 spiro atoms. The Morgan fingerprint density at radius 2 is 2.60 bits per heavy atom. The summed E-state index contributed by atoms with van der Waals surface area (Å²) in [4.78, 5) is 13.9. The number of anilines is 1. The van der Waals surface area contributed by atoms with Crippen molar-refractivity contribution >= 4 is 21.5 Å². The fraction of sp³-hybridized carbons (Fsp3) is 0.444. The molecule has 1 N–H and O–H groups in total. The molecule has 1 aromatic rings. The molecule has 6 heteroatoms. The van der Waals surface area contributed by atoms with Crippen molar-refractivity contribution in [1.82, 2.24) is 4.98 Å². The SMILES string of the molecule is C#CCC(CC)Nc1ncc([N+](=O)[O-])s1. The molecule has 0 bridgehead atoms. The summed E-state index contributed by atoms with van der Waals surface area (Å²) >= 11 is 1.02. The van der Waals surface area contributed by atoms with Gasteiger partial charge < -0.3 is 5.32 Å². The van der Waals surface area contributed by atoms with E-state index in [2.05, 4.69) is 16.2 Å². The molecule has 0 radical (unpaired) electrons. The van der Waals surface area contributed by atoms with Crippen LogP contribution in [0.5, 0.6) is 0 Å². The molecular weight excluding hydrogens is 214 g/mol. The van der Waals surface area contributed by atoms with E-state index in [4.69, 9.17) is 6.42 Å². The zero-order valence-electron chi connectivity index (χ0n) is 8.27. The van der Waals surface area contributed by atoms with Crippen LogP contribution in [0, 0.1) is 22.5 Å². The Morgan fingerprint density at radius 1 is 1.87 bits per heavy atom. The average molecular weight is 225 g/mol. The van der Waals surface area contributed by atoms with Gasteiger partial charge in [0.1, 0.15) is 6.20 Å². The van der Waals surface area contributed by atoms with E-state index >= 15 is 0 Å². The van der Waals surface area contributed by atoms with Gasteiger partial charge in [0.25, 0.3) is 0 Å². The van der Waals surface area contributed by atoms with Crippen LogP contribution in [0.15, 0.2) is 6.20 Å².